The number of aliphatic hydroxyl groups excluding tert-OH is 2. The van der Waals surface area contributed by atoms with Gasteiger partial charge in [0.25, 0.3) is 0 Å². The van der Waals surface area contributed by atoms with Crippen LogP contribution in [0.4, 0.5) is 0 Å². The number of amides is 1. The van der Waals surface area contributed by atoms with E-state index in [0.717, 1.165) is 44.9 Å². The SMILES string of the molecule is CCCCCCCC/C=C\CCCCCCCCCC(=O)OCCCCCCCCCCCCCC/C=C\CCCCCCCCCCCCCC(=O)NC(CO)C(O)/C=C/CCCCCCCCCCCCCCCCC. The molecule has 3 N–H and O–H groups in total. The van der Waals surface area contributed by atoms with E-state index in [-0.39, 0.29) is 18.5 Å². The first-order valence-corrected chi connectivity index (χ1v) is 35.3. The molecule has 0 saturated heterocycles. The smallest absolute Gasteiger partial charge is 0.305 e. The molecular weight excluding hydrogens is 959 g/mol. The molecule has 0 heterocycles. The van der Waals surface area contributed by atoms with Crippen molar-refractivity contribution >= 4 is 11.9 Å². The average Bonchev–Trinajstić information content (AvgIpc) is 3.44. The van der Waals surface area contributed by atoms with Gasteiger partial charge in [0.15, 0.2) is 0 Å². The summed E-state index contributed by atoms with van der Waals surface area (Å²) in [6.45, 7) is 4.93. The van der Waals surface area contributed by atoms with Crippen LogP contribution in [0.25, 0.3) is 0 Å². The first-order valence-electron chi connectivity index (χ1n) is 35.3. The standard InChI is InChI=1S/C72H137NO5/c1-3-5-7-9-11-13-15-17-19-32-36-40-44-48-52-56-60-64-70(75)69(68-74)73-71(76)65-61-57-53-49-45-41-37-34-30-28-26-24-22-21-23-25-27-29-31-35-39-43-47-51-55-59-63-67-78-72(77)66-62-58-54-50-46-42-38-33-20-18-16-14-12-10-8-6-4-2/h18,20-22,60,64,69-70,74-75H,3-17,19,23-59,61-63,65-68H2,1-2H3,(H,73,76)/b20-18-,22-21-,64-60+. The third-order valence-electron chi connectivity index (χ3n) is 16.4. The average molecular weight is 1100 g/mol. The summed E-state index contributed by atoms with van der Waals surface area (Å²) in [5.74, 6) is -0.0544. The number of ether oxygens (including phenoxy) is 1. The zero-order valence-corrected chi connectivity index (χ0v) is 52.7. The Morgan fingerprint density at radius 1 is 0.346 bits per heavy atom. The van der Waals surface area contributed by atoms with Crippen LogP contribution in [-0.2, 0) is 14.3 Å². The van der Waals surface area contributed by atoms with Crippen molar-refractivity contribution in [1.29, 1.82) is 0 Å². The Bertz CT molecular complexity index is 1260. The van der Waals surface area contributed by atoms with Crippen LogP contribution in [0, 0.1) is 0 Å². The van der Waals surface area contributed by atoms with Gasteiger partial charge in [-0.3, -0.25) is 9.59 Å². The number of aliphatic hydroxyl groups is 2. The summed E-state index contributed by atoms with van der Waals surface area (Å²) in [5.41, 5.74) is 0. The Hall–Kier alpha value is -1.92. The Morgan fingerprint density at radius 2 is 0.603 bits per heavy atom. The number of unbranched alkanes of at least 4 members (excludes halogenated alkanes) is 51. The highest BCUT2D eigenvalue weighted by atomic mass is 16.5. The van der Waals surface area contributed by atoms with Gasteiger partial charge in [0.1, 0.15) is 0 Å². The fourth-order valence-corrected chi connectivity index (χ4v) is 11.0. The van der Waals surface area contributed by atoms with Gasteiger partial charge in [0.2, 0.25) is 5.91 Å². The lowest BCUT2D eigenvalue weighted by molar-refractivity contribution is -0.143. The van der Waals surface area contributed by atoms with Crippen molar-refractivity contribution in [3.05, 3.63) is 36.5 Å². The monoisotopic (exact) mass is 1100 g/mol. The molecule has 0 fully saturated rings. The van der Waals surface area contributed by atoms with Crippen LogP contribution >= 0.6 is 0 Å². The maximum absolute atomic E-state index is 12.5. The summed E-state index contributed by atoms with van der Waals surface area (Å²) in [4.78, 5) is 24.6. The Kier molecular flexibility index (Phi) is 65.9. The van der Waals surface area contributed by atoms with Crippen molar-refractivity contribution in [1.82, 2.24) is 5.32 Å². The first kappa shape index (κ1) is 76.1. The maximum Gasteiger partial charge on any atom is 0.305 e. The summed E-state index contributed by atoms with van der Waals surface area (Å²) in [7, 11) is 0. The fourth-order valence-electron chi connectivity index (χ4n) is 11.0. The van der Waals surface area contributed by atoms with E-state index < -0.39 is 12.1 Å². The van der Waals surface area contributed by atoms with Crippen molar-refractivity contribution in [3.63, 3.8) is 0 Å². The van der Waals surface area contributed by atoms with Crippen LogP contribution in [0.15, 0.2) is 36.5 Å². The van der Waals surface area contributed by atoms with Gasteiger partial charge in [0.05, 0.1) is 25.4 Å². The molecule has 0 aromatic rings. The van der Waals surface area contributed by atoms with Crippen molar-refractivity contribution in [2.24, 2.45) is 0 Å². The normalized spacial score (nSPS) is 12.7. The summed E-state index contributed by atoms with van der Waals surface area (Å²) >= 11 is 0. The van der Waals surface area contributed by atoms with Gasteiger partial charge < -0.3 is 20.3 Å². The lowest BCUT2D eigenvalue weighted by Crippen LogP contribution is -2.45. The van der Waals surface area contributed by atoms with Crippen molar-refractivity contribution in [3.8, 4) is 0 Å². The topological polar surface area (TPSA) is 95.9 Å². The summed E-state index contributed by atoms with van der Waals surface area (Å²) in [6.07, 6.45) is 86.5. The van der Waals surface area contributed by atoms with Crippen LogP contribution in [0.1, 0.15) is 386 Å². The lowest BCUT2D eigenvalue weighted by atomic mass is 10.0. The van der Waals surface area contributed by atoms with Gasteiger partial charge in [-0.2, -0.15) is 0 Å². The van der Waals surface area contributed by atoms with Gasteiger partial charge >= 0.3 is 5.97 Å². The van der Waals surface area contributed by atoms with Gasteiger partial charge in [-0.25, -0.2) is 0 Å². The number of hydrogen-bond donors (Lipinski definition) is 3. The summed E-state index contributed by atoms with van der Waals surface area (Å²) in [6, 6.07) is -0.629. The second-order valence-electron chi connectivity index (χ2n) is 24.2. The van der Waals surface area contributed by atoms with Crippen molar-refractivity contribution < 1.29 is 24.5 Å². The minimum absolute atomic E-state index is 0.0118. The molecule has 0 saturated carbocycles. The zero-order chi connectivity index (χ0) is 56.4. The summed E-state index contributed by atoms with van der Waals surface area (Å²) < 4.78 is 5.50. The third-order valence-corrected chi connectivity index (χ3v) is 16.4. The van der Waals surface area contributed by atoms with E-state index in [4.69, 9.17) is 4.74 Å². The second kappa shape index (κ2) is 67.6. The van der Waals surface area contributed by atoms with Crippen LogP contribution in [0.5, 0.6) is 0 Å². The van der Waals surface area contributed by atoms with Crippen molar-refractivity contribution in [2.75, 3.05) is 13.2 Å². The van der Waals surface area contributed by atoms with Gasteiger partial charge in [-0.15, -0.1) is 0 Å². The van der Waals surface area contributed by atoms with E-state index in [1.807, 2.05) is 6.08 Å². The van der Waals surface area contributed by atoms with Crippen LogP contribution < -0.4 is 5.32 Å². The molecule has 2 atom stereocenters. The van der Waals surface area contributed by atoms with Gasteiger partial charge in [0, 0.05) is 12.8 Å². The highest BCUT2D eigenvalue weighted by Gasteiger charge is 2.18. The van der Waals surface area contributed by atoms with Crippen LogP contribution in [0.3, 0.4) is 0 Å². The molecule has 1 amide bonds. The van der Waals surface area contributed by atoms with Crippen molar-refractivity contribution in [2.45, 2.75) is 398 Å². The van der Waals surface area contributed by atoms with E-state index in [9.17, 15) is 19.8 Å². The largest absolute Gasteiger partial charge is 0.466 e. The minimum Gasteiger partial charge on any atom is -0.466 e. The molecule has 6 nitrogen and oxygen atoms in total. The Balaban J connectivity index is 3.40. The highest BCUT2D eigenvalue weighted by molar-refractivity contribution is 5.76. The molecule has 0 rings (SSSR count). The number of esters is 1. The third kappa shape index (κ3) is 63.3. The predicted octanol–water partition coefficient (Wildman–Crippen LogP) is 22.7. The molecule has 460 valence electrons. The molecule has 0 spiro atoms. The molecule has 78 heavy (non-hydrogen) atoms. The van der Waals surface area contributed by atoms with E-state index in [0.29, 0.717) is 19.4 Å². The quantitative estimate of drug-likeness (QED) is 0.0320. The first-order chi connectivity index (χ1) is 38.5. The molecule has 0 aliphatic carbocycles. The molecule has 0 aliphatic heterocycles. The zero-order valence-electron chi connectivity index (χ0n) is 52.7. The van der Waals surface area contributed by atoms with E-state index in [1.54, 1.807) is 6.08 Å². The highest BCUT2D eigenvalue weighted by Crippen LogP contribution is 2.18. The Labute approximate surface area is 487 Å². The molecule has 0 aromatic heterocycles. The maximum atomic E-state index is 12.5. The summed E-state index contributed by atoms with van der Waals surface area (Å²) in [5, 5.41) is 23.2. The number of allylic oxidation sites excluding steroid dienone is 5. The Morgan fingerprint density at radius 3 is 0.910 bits per heavy atom. The number of carbonyl (C=O) groups excluding carboxylic acids is 2. The molecule has 0 bridgehead atoms. The molecule has 0 radical (unpaired) electrons. The van der Waals surface area contributed by atoms with Crippen LogP contribution in [-0.4, -0.2) is 47.4 Å². The lowest BCUT2D eigenvalue weighted by Gasteiger charge is -2.20. The van der Waals surface area contributed by atoms with Crippen LogP contribution in [0.2, 0.25) is 0 Å². The molecule has 6 heteroatoms. The number of hydrogen-bond acceptors (Lipinski definition) is 5. The van der Waals surface area contributed by atoms with E-state index in [1.165, 1.54) is 315 Å². The second-order valence-corrected chi connectivity index (χ2v) is 24.2. The number of rotatable bonds is 66. The number of carbonyl (C=O) groups is 2. The van der Waals surface area contributed by atoms with Gasteiger partial charge in [-0.05, 0) is 83.5 Å². The van der Waals surface area contributed by atoms with E-state index >= 15 is 0 Å². The predicted molar refractivity (Wildman–Crippen MR) is 343 cm³/mol. The fraction of sp³-hybridized carbons (Fsp3) is 0.889. The molecule has 0 aromatic carbocycles. The number of nitrogens with one attached hydrogen (secondary N) is 1. The molecule has 2 unspecified atom stereocenters. The minimum atomic E-state index is -0.845. The van der Waals surface area contributed by atoms with Gasteiger partial charge in [-0.1, -0.05) is 326 Å². The molecular formula is C72H137NO5. The van der Waals surface area contributed by atoms with E-state index in [2.05, 4.69) is 43.5 Å². The molecule has 0 aliphatic rings.